The van der Waals surface area contributed by atoms with Crippen LogP contribution >= 0.6 is 0 Å². The first-order valence-electron chi connectivity index (χ1n) is 11.4. The number of allylic oxidation sites excluding steroid dienone is 3. The zero-order chi connectivity index (χ0) is 20.3. The first-order chi connectivity index (χ1) is 13.4. The van der Waals surface area contributed by atoms with E-state index in [9.17, 15) is 10.2 Å². The van der Waals surface area contributed by atoms with Crippen LogP contribution in [0.1, 0.15) is 78.1 Å². The summed E-state index contributed by atoms with van der Waals surface area (Å²) >= 11 is 0. The van der Waals surface area contributed by atoms with Gasteiger partial charge in [0.1, 0.15) is 0 Å². The minimum absolute atomic E-state index is 0.315. The number of hydrogen-bond donors (Lipinski definition) is 3. The predicted octanol–water partition coefficient (Wildman–Crippen LogP) is 4.93. The average molecular weight is 389 g/mol. The van der Waals surface area contributed by atoms with Crippen molar-refractivity contribution >= 4 is 0 Å². The maximum absolute atomic E-state index is 10.1. The van der Waals surface area contributed by atoms with E-state index in [1.54, 1.807) is 5.57 Å². The molecule has 3 N–H and O–H groups in total. The molecule has 6 atom stereocenters. The van der Waals surface area contributed by atoms with Gasteiger partial charge >= 0.3 is 0 Å². The third-order valence-corrected chi connectivity index (χ3v) is 8.09. The molecule has 3 rings (SSSR count). The molecule has 158 valence electrons. The maximum atomic E-state index is 10.1. The third-order valence-electron chi connectivity index (χ3n) is 8.09. The fraction of sp³-hybridized carbons (Fsp3) is 0.760. The Morgan fingerprint density at radius 3 is 2.54 bits per heavy atom. The van der Waals surface area contributed by atoms with E-state index < -0.39 is 12.2 Å². The molecule has 0 heterocycles. The molecule has 0 unspecified atom stereocenters. The van der Waals surface area contributed by atoms with Crippen LogP contribution < -0.4 is 0 Å². The smallest absolute Gasteiger partial charge is 0.0809 e. The summed E-state index contributed by atoms with van der Waals surface area (Å²) in [7, 11) is 0. The van der Waals surface area contributed by atoms with E-state index in [4.69, 9.17) is 5.11 Å². The Balaban J connectivity index is 1.70. The summed E-state index contributed by atoms with van der Waals surface area (Å²) in [5, 5.41) is 29.3. The quantitative estimate of drug-likeness (QED) is 0.447. The van der Waals surface area contributed by atoms with E-state index in [1.807, 2.05) is 0 Å². The summed E-state index contributed by atoms with van der Waals surface area (Å²) < 4.78 is 0. The lowest BCUT2D eigenvalue weighted by atomic mass is 9.60. The van der Waals surface area contributed by atoms with Crippen LogP contribution in [-0.4, -0.2) is 34.1 Å². The minimum Gasteiger partial charge on any atom is -0.396 e. The van der Waals surface area contributed by atoms with E-state index in [0.29, 0.717) is 36.4 Å². The summed E-state index contributed by atoms with van der Waals surface area (Å²) in [4.78, 5) is 0. The van der Waals surface area contributed by atoms with Gasteiger partial charge in [0, 0.05) is 6.61 Å². The highest BCUT2D eigenvalue weighted by Crippen LogP contribution is 2.59. The van der Waals surface area contributed by atoms with Crippen LogP contribution in [0.15, 0.2) is 35.5 Å². The molecule has 3 saturated carbocycles. The second-order valence-electron chi connectivity index (χ2n) is 9.87. The lowest BCUT2D eigenvalue weighted by molar-refractivity contribution is 0.0925. The average Bonchev–Trinajstić information content (AvgIpc) is 3.02. The van der Waals surface area contributed by atoms with Crippen LogP contribution in [0.3, 0.4) is 0 Å². The molecular weight excluding hydrogens is 348 g/mol. The van der Waals surface area contributed by atoms with Gasteiger partial charge in [-0.05, 0) is 80.1 Å². The number of aliphatic hydroxyl groups excluding tert-OH is 3. The van der Waals surface area contributed by atoms with E-state index in [0.717, 1.165) is 30.3 Å². The molecule has 3 heteroatoms. The Labute approximate surface area is 171 Å². The van der Waals surface area contributed by atoms with Gasteiger partial charge in [0.25, 0.3) is 0 Å². The van der Waals surface area contributed by atoms with Crippen LogP contribution in [0.5, 0.6) is 0 Å². The minimum atomic E-state index is -0.611. The normalized spacial score (nSPS) is 38.5. The molecule has 0 bridgehead atoms. The van der Waals surface area contributed by atoms with Crippen molar-refractivity contribution in [2.24, 2.45) is 23.2 Å². The summed E-state index contributed by atoms with van der Waals surface area (Å²) in [6.07, 6.45) is 14.2. The molecule has 0 aromatic carbocycles. The van der Waals surface area contributed by atoms with E-state index in [2.05, 4.69) is 32.6 Å². The van der Waals surface area contributed by atoms with Crippen LogP contribution in [-0.2, 0) is 0 Å². The molecule has 0 radical (unpaired) electrons. The molecule has 3 aliphatic rings. The first kappa shape index (κ1) is 21.8. The van der Waals surface area contributed by atoms with Crippen molar-refractivity contribution in [3.8, 4) is 0 Å². The first-order valence-corrected chi connectivity index (χ1v) is 11.4. The number of rotatable bonds is 6. The fourth-order valence-electron chi connectivity index (χ4n) is 6.42. The van der Waals surface area contributed by atoms with Crippen molar-refractivity contribution in [2.75, 3.05) is 6.61 Å². The highest BCUT2D eigenvalue weighted by Gasteiger charge is 2.50. The van der Waals surface area contributed by atoms with Gasteiger partial charge in [-0.1, -0.05) is 56.6 Å². The number of fused-ring (bicyclic) bond motifs is 1. The molecule has 0 aromatic rings. The van der Waals surface area contributed by atoms with Crippen molar-refractivity contribution in [2.45, 2.75) is 90.3 Å². The van der Waals surface area contributed by atoms with Gasteiger partial charge in [-0.2, -0.15) is 0 Å². The Morgan fingerprint density at radius 2 is 1.86 bits per heavy atom. The van der Waals surface area contributed by atoms with Gasteiger partial charge in [-0.25, -0.2) is 0 Å². The largest absolute Gasteiger partial charge is 0.396 e. The summed E-state index contributed by atoms with van der Waals surface area (Å²) in [5.41, 5.74) is 3.68. The second kappa shape index (κ2) is 9.28. The second-order valence-corrected chi connectivity index (χ2v) is 9.87. The van der Waals surface area contributed by atoms with Crippen molar-refractivity contribution in [3.63, 3.8) is 0 Å². The van der Waals surface area contributed by atoms with Crippen LogP contribution in [0.2, 0.25) is 0 Å². The molecule has 3 aliphatic carbocycles. The predicted molar refractivity (Wildman–Crippen MR) is 115 cm³/mol. The molecule has 0 amide bonds. The standard InChI is InChI=1S/C25H40O3/c1-17(7-4-5-14-26)21-11-12-22-20(8-6-13-25(21,22)3)10-9-19-15-23(27)18(2)24(28)16-19/h9-10,17,21-24,26-28H,2,4-8,11-16H2,1,3H3/b20-10+/t17-,21+,22-,23+,24+,25+/m0/s1. The van der Waals surface area contributed by atoms with Gasteiger partial charge in [-0.3, -0.25) is 0 Å². The molecule has 0 spiro atoms. The van der Waals surface area contributed by atoms with Crippen LogP contribution in [0, 0.1) is 23.2 Å². The van der Waals surface area contributed by atoms with E-state index in [-0.39, 0.29) is 0 Å². The van der Waals surface area contributed by atoms with Gasteiger partial charge in [-0.15, -0.1) is 0 Å². The van der Waals surface area contributed by atoms with Crippen LogP contribution in [0.25, 0.3) is 0 Å². The molecule has 3 nitrogen and oxygen atoms in total. The zero-order valence-electron chi connectivity index (χ0n) is 17.9. The highest BCUT2D eigenvalue weighted by atomic mass is 16.3. The van der Waals surface area contributed by atoms with Gasteiger partial charge in [0.15, 0.2) is 0 Å². The SMILES string of the molecule is C=C1[C@H](O)CC(=C/C=C2\CCC[C@]3(C)[C@@H]([C@@H](C)CCCCO)CC[C@@H]23)C[C@H]1O. The van der Waals surface area contributed by atoms with Gasteiger partial charge in [0.2, 0.25) is 0 Å². The van der Waals surface area contributed by atoms with Crippen LogP contribution in [0.4, 0.5) is 0 Å². The lowest BCUT2D eigenvalue weighted by Crippen LogP contribution is -2.36. The molecular formula is C25H40O3. The molecule has 0 aliphatic heterocycles. The summed E-state index contributed by atoms with van der Waals surface area (Å²) in [6, 6.07) is 0. The molecule has 3 fully saturated rings. The zero-order valence-corrected chi connectivity index (χ0v) is 17.9. The number of aliphatic hydroxyl groups is 3. The van der Waals surface area contributed by atoms with Gasteiger partial charge in [0.05, 0.1) is 12.2 Å². The maximum Gasteiger partial charge on any atom is 0.0809 e. The van der Waals surface area contributed by atoms with Crippen molar-refractivity contribution in [1.29, 1.82) is 0 Å². The Hall–Kier alpha value is -0.900. The summed E-state index contributed by atoms with van der Waals surface area (Å²) in [6.45, 7) is 9.07. The Bertz CT molecular complexity index is 603. The third kappa shape index (κ3) is 4.47. The molecule has 0 aromatic heterocycles. The lowest BCUT2D eigenvalue weighted by Gasteiger charge is -2.44. The number of unbranched alkanes of at least 4 members (excludes halogenated alkanes) is 1. The van der Waals surface area contributed by atoms with Crippen molar-refractivity contribution in [1.82, 2.24) is 0 Å². The Morgan fingerprint density at radius 1 is 1.14 bits per heavy atom. The van der Waals surface area contributed by atoms with Gasteiger partial charge < -0.3 is 15.3 Å². The van der Waals surface area contributed by atoms with E-state index in [1.165, 1.54) is 38.5 Å². The van der Waals surface area contributed by atoms with Crippen molar-refractivity contribution < 1.29 is 15.3 Å². The highest BCUT2D eigenvalue weighted by molar-refractivity contribution is 5.29. The molecule has 28 heavy (non-hydrogen) atoms. The number of hydrogen-bond acceptors (Lipinski definition) is 3. The summed E-state index contributed by atoms with van der Waals surface area (Å²) in [5.74, 6) is 2.19. The van der Waals surface area contributed by atoms with Crippen molar-refractivity contribution in [3.05, 3.63) is 35.5 Å². The Kier molecular flexibility index (Phi) is 7.22. The fourth-order valence-corrected chi connectivity index (χ4v) is 6.42. The topological polar surface area (TPSA) is 60.7 Å². The monoisotopic (exact) mass is 388 g/mol. The molecule has 0 saturated heterocycles. The van der Waals surface area contributed by atoms with E-state index >= 15 is 0 Å².